The van der Waals surface area contributed by atoms with Gasteiger partial charge in [-0.1, -0.05) is 26.0 Å². The lowest BCUT2D eigenvalue weighted by Crippen LogP contribution is -2.28. The molecule has 2 heterocycles. The fraction of sp³-hybridized carbons (Fsp3) is 0.414. The van der Waals surface area contributed by atoms with Gasteiger partial charge in [0.25, 0.3) is 5.91 Å². The largest absolute Gasteiger partial charge is 0.497 e. The summed E-state index contributed by atoms with van der Waals surface area (Å²) in [5.74, 6) is 0.746. The van der Waals surface area contributed by atoms with E-state index in [0.29, 0.717) is 54.2 Å². The number of fused-ring (bicyclic) bond motifs is 1. The Hall–Kier alpha value is -3.65. The molecule has 8 nitrogen and oxygen atoms in total. The molecule has 1 unspecified atom stereocenters. The second-order valence-corrected chi connectivity index (χ2v) is 10.8. The van der Waals surface area contributed by atoms with Gasteiger partial charge in [-0.05, 0) is 60.6 Å². The third kappa shape index (κ3) is 4.85. The highest BCUT2D eigenvalue weighted by Gasteiger charge is 2.39. The number of Topliss-reactive ketones (excluding diaryl/α,β-unsaturated/α-hetero) is 1. The minimum Gasteiger partial charge on any atom is -0.497 e. The second kappa shape index (κ2) is 9.67. The van der Waals surface area contributed by atoms with Gasteiger partial charge in [0.2, 0.25) is 0 Å². The number of carbonyl (C=O) groups excluding carboxylic acids is 2. The van der Waals surface area contributed by atoms with Gasteiger partial charge in [0.15, 0.2) is 5.78 Å². The SMILES string of the molecule is COc1ccc(CN(C)C(=O)c2ccc(-n3nc(C4CCCO4)c4c3CC(C)(C)CC4=O)c(N)c2)cc1. The molecule has 0 radical (unpaired) electrons. The summed E-state index contributed by atoms with van der Waals surface area (Å²) in [4.78, 5) is 28.0. The van der Waals surface area contributed by atoms with Gasteiger partial charge in [-0.15, -0.1) is 0 Å². The van der Waals surface area contributed by atoms with Crippen molar-refractivity contribution in [2.75, 3.05) is 26.5 Å². The van der Waals surface area contributed by atoms with Crippen LogP contribution in [0.5, 0.6) is 5.75 Å². The van der Waals surface area contributed by atoms with E-state index in [0.717, 1.165) is 29.8 Å². The third-order valence-corrected chi connectivity index (χ3v) is 7.23. The molecule has 3 aromatic rings. The Morgan fingerprint density at radius 3 is 2.62 bits per heavy atom. The zero-order valence-electron chi connectivity index (χ0n) is 21.9. The highest BCUT2D eigenvalue weighted by molar-refractivity contribution is 6.00. The smallest absolute Gasteiger partial charge is 0.253 e. The van der Waals surface area contributed by atoms with E-state index in [9.17, 15) is 9.59 Å². The Labute approximate surface area is 217 Å². The van der Waals surface area contributed by atoms with Crippen LogP contribution in [0.2, 0.25) is 0 Å². The molecule has 1 aliphatic carbocycles. The fourth-order valence-electron chi connectivity index (χ4n) is 5.37. The van der Waals surface area contributed by atoms with Crippen LogP contribution in [-0.2, 0) is 17.7 Å². The zero-order valence-corrected chi connectivity index (χ0v) is 21.9. The van der Waals surface area contributed by atoms with Gasteiger partial charge in [0, 0.05) is 32.2 Å². The summed E-state index contributed by atoms with van der Waals surface area (Å²) in [7, 11) is 3.39. The standard InChI is InChI=1S/C29H34N4O4/c1-29(2)15-23-26(24(34)16-29)27(25-6-5-13-37-25)31-33(23)22-12-9-19(14-21(22)30)28(35)32(3)17-18-7-10-20(36-4)11-8-18/h7-12,14,25H,5-6,13,15-17,30H2,1-4H3. The summed E-state index contributed by atoms with van der Waals surface area (Å²) in [5.41, 5.74) is 11.2. The Morgan fingerprint density at radius 2 is 1.97 bits per heavy atom. The molecule has 37 heavy (non-hydrogen) atoms. The number of anilines is 1. The third-order valence-electron chi connectivity index (χ3n) is 7.23. The lowest BCUT2D eigenvalue weighted by Gasteiger charge is -2.29. The predicted molar refractivity (Wildman–Crippen MR) is 141 cm³/mol. The molecule has 1 fully saturated rings. The molecule has 2 aliphatic rings. The van der Waals surface area contributed by atoms with Crippen molar-refractivity contribution in [3.8, 4) is 11.4 Å². The van der Waals surface area contributed by atoms with E-state index in [1.165, 1.54) is 0 Å². The maximum Gasteiger partial charge on any atom is 0.253 e. The molecule has 1 aromatic heterocycles. The molecule has 0 spiro atoms. The topological polar surface area (TPSA) is 99.7 Å². The molecule has 0 bridgehead atoms. The van der Waals surface area contributed by atoms with E-state index in [4.69, 9.17) is 20.3 Å². The van der Waals surface area contributed by atoms with Crippen LogP contribution in [0, 0.1) is 5.41 Å². The molecule has 194 valence electrons. The molecule has 8 heteroatoms. The van der Waals surface area contributed by atoms with E-state index >= 15 is 0 Å². The van der Waals surface area contributed by atoms with E-state index in [1.54, 1.807) is 35.9 Å². The van der Waals surface area contributed by atoms with Crippen LogP contribution < -0.4 is 10.5 Å². The first-order chi connectivity index (χ1) is 17.7. The summed E-state index contributed by atoms with van der Waals surface area (Å²) in [6, 6.07) is 12.9. The van der Waals surface area contributed by atoms with Crippen molar-refractivity contribution < 1.29 is 19.1 Å². The zero-order chi connectivity index (χ0) is 26.3. The number of carbonyl (C=O) groups is 2. The number of hydrogen-bond acceptors (Lipinski definition) is 6. The number of nitrogens with zero attached hydrogens (tertiary/aromatic N) is 3. The van der Waals surface area contributed by atoms with Crippen LogP contribution in [0.3, 0.4) is 0 Å². The van der Waals surface area contributed by atoms with Crippen molar-refractivity contribution in [3.05, 3.63) is 70.5 Å². The Balaban J connectivity index is 1.45. The monoisotopic (exact) mass is 502 g/mol. The van der Waals surface area contributed by atoms with Gasteiger partial charge < -0.3 is 20.1 Å². The Bertz CT molecular complexity index is 1340. The summed E-state index contributed by atoms with van der Waals surface area (Å²) >= 11 is 0. The van der Waals surface area contributed by atoms with Crippen molar-refractivity contribution in [2.45, 2.75) is 52.2 Å². The normalized spacial score (nSPS) is 18.5. The molecule has 1 aliphatic heterocycles. The first kappa shape index (κ1) is 25.0. The predicted octanol–water partition coefficient (Wildman–Crippen LogP) is 4.74. The molecule has 2 N–H and O–H groups in total. The minimum atomic E-state index is -0.176. The maximum atomic E-state index is 13.2. The number of benzene rings is 2. The molecule has 5 rings (SSSR count). The first-order valence-electron chi connectivity index (χ1n) is 12.7. The molecular weight excluding hydrogens is 468 g/mol. The van der Waals surface area contributed by atoms with E-state index in [1.807, 2.05) is 30.3 Å². The lowest BCUT2D eigenvalue weighted by molar-refractivity contribution is 0.0784. The van der Waals surface area contributed by atoms with Crippen molar-refractivity contribution >= 4 is 17.4 Å². The van der Waals surface area contributed by atoms with Gasteiger partial charge >= 0.3 is 0 Å². The number of methoxy groups -OCH3 is 1. The highest BCUT2D eigenvalue weighted by atomic mass is 16.5. The quantitative estimate of drug-likeness (QED) is 0.489. The van der Waals surface area contributed by atoms with Crippen LogP contribution in [0.1, 0.15) is 76.9 Å². The first-order valence-corrected chi connectivity index (χ1v) is 12.7. The number of aromatic nitrogens is 2. The number of ketones is 1. The fourth-order valence-corrected chi connectivity index (χ4v) is 5.37. The summed E-state index contributed by atoms with van der Waals surface area (Å²) in [6.07, 6.45) is 2.82. The van der Waals surface area contributed by atoms with E-state index < -0.39 is 0 Å². The van der Waals surface area contributed by atoms with Crippen molar-refractivity contribution in [1.82, 2.24) is 14.7 Å². The number of nitrogens with two attached hydrogens (primary N) is 1. The van der Waals surface area contributed by atoms with Gasteiger partial charge in [-0.25, -0.2) is 4.68 Å². The van der Waals surface area contributed by atoms with Crippen LogP contribution in [-0.4, -0.2) is 47.1 Å². The van der Waals surface area contributed by atoms with E-state index in [2.05, 4.69) is 13.8 Å². The molecule has 1 atom stereocenters. The number of amides is 1. The Kier molecular flexibility index (Phi) is 6.54. The summed E-state index contributed by atoms with van der Waals surface area (Å²) < 4.78 is 12.9. The van der Waals surface area contributed by atoms with Crippen LogP contribution >= 0.6 is 0 Å². The van der Waals surface area contributed by atoms with Crippen LogP contribution in [0.25, 0.3) is 5.69 Å². The average molecular weight is 503 g/mol. The minimum absolute atomic E-state index is 0.105. The highest BCUT2D eigenvalue weighted by Crippen LogP contribution is 2.41. The molecule has 0 saturated carbocycles. The summed E-state index contributed by atoms with van der Waals surface area (Å²) in [6.45, 7) is 5.33. The van der Waals surface area contributed by atoms with Gasteiger partial charge in [0.05, 0.1) is 29.7 Å². The Morgan fingerprint density at radius 1 is 1.22 bits per heavy atom. The van der Waals surface area contributed by atoms with Gasteiger partial charge in [0.1, 0.15) is 17.5 Å². The molecule has 1 saturated heterocycles. The molecular formula is C29H34N4O4. The number of rotatable bonds is 6. The second-order valence-electron chi connectivity index (χ2n) is 10.8. The maximum absolute atomic E-state index is 13.2. The van der Waals surface area contributed by atoms with Crippen molar-refractivity contribution in [3.63, 3.8) is 0 Å². The van der Waals surface area contributed by atoms with E-state index in [-0.39, 0.29) is 23.2 Å². The lowest BCUT2D eigenvalue weighted by atomic mass is 9.75. The molecule has 2 aromatic carbocycles. The van der Waals surface area contributed by atoms with Crippen molar-refractivity contribution in [1.29, 1.82) is 0 Å². The van der Waals surface area contributed by atoms with Crippen molar-refractivity contribution in [2.24, 2.45) is 5.41 Å². The molecule has 1 amide bonds. The van der Waals surface area contributed by atoms with Gasteiger partial charge in [-0.3, -0.25) is 9.59 Å². The number of nitrogen functional groups attached to an aromatic ring is 1. The number of hydrogen-bond donors (Lipinski definition) is 1. The summed E-state index contributed by atoms with van der Waals surface area (Å²) in [5, 5.41) is 4.89. The van der Waals surface area contributed by atoms with Crippen LogP contribution in [0.15, 0.2) is 42.5 Å². The average Bonchev–Trinajstić information content (AvgIpc) is 3.51. The van der Waals surface area contributed by atoms with Gasteiger partial charge in [-0.2, -0.15) is 5.10 Å². The van der Waals surface area contributed by atoms with Crippen LogP contribution in [0.4, 0.5) is 5.69 Å². The number of ether oxygens (including phenoxy) is 2.